The number of nitrogens with zero attached hydrogens (tertiary/aromatic N) is 1. The van der Waals surface area contributed by atoms with Crippen LogP contribution in [0.25, 0.3) is 0 Å². The number of aryl methyl sites for hydroxylation is 2. The lowest BCUT2D eigenvalue weighted by Gasteiger charge is -2.21. The summed E-state index contributed by atoms with van der Waals surface area (Å²) in [5.74, 6) is -0.659. The second-order valence-corrected chi connectivity index (χ2v) is 7.93. The minimum atomic E-state index is -0.983. The first-order valence-corrected chi connectivity index (χ1v) is 10.5. The lowest BCUT2D eigenvalue weighted by atomic mass is 9.93. The maximum atomic E-state index is 12.8. The van der Waals surface area contributed by atoms with Gasteiger partial charge in [-0.25, -0.2) is 4.79 Å². The number of carbonyl (C=O) groups is 3. The number of nitrogens with one attached hydrogen (secondary N) is 2. The second kappa shape index (κ2) is 10.1. The molecule has 1 saturated heterocycles. The fourth-order valence-corrected chi connectivity index (χ4v) is 3.63. The maximum absolute atomic E-state index is 12.8. The predicted octanol–water partition coefficient (Wildman–Crippen LogP) is 3.07. The number of urea groups is 1. The van der Waals surface area contributed by atoms with E-state index in [-0.39, 0.29) is 18.4 Å². The third-order valence-electron chi connectivity index (χ3n) is 5.46. The molecule has 2 aromatic rings. The first kappa shape index (κ1) is 21.6. The molecule has 0 saturated carbocycles. The van der Waals surface area contributed by atoms with Crippen LogP contribution in [0.5, 0.6) is 0 Å². The molecule has 6 heteroatoms. The number of hydrogen-bond donors (Lipinski definition) is 2. The van der Waals surface area contributed by atoms with E-state index in [0.717, 1.165) is 29.7 Å². The van der Waals surface area contributed by atoms with Crippen LogP contribution in [-0.2, 0) is 22.4 Å². The predicted molar refractivity (Wildman–Crippen MR) is 116 cm³/mol. The Balaban J connectivity index is 1.41. The smallest absolute Gasteiger partial charge is 0.325 e. The van der Waals surface area contributed by atoms with Crippen LogP contribution in [0, 0.1) is 0 Å². The normalized spacial score (nSPS) is 18.4. The van der Waals surface area contributed by atoms with E-state index >= 15 is 0 Å². The highest BCUT2D eigenvalue weighted by molar-refractivity contribution is 6.08. The molecular formula is C24H29N3O3. The van der Waals surface area contributed by atoms with Crippen molar-refractivity contribution >= 4 is 17.8 Å². The van der Waals surface area contributed by atoms with Crippen LogP contribution in [0.4, 0.5) is 4.79 Å². The van der Waals surface area contributed by atoms with Crippen LogP contribution in [-0.4, -0.2) is 41.4 Å². The van der Waals surface area contributed by atoms with Crippen molar-refractivity contribution in [1.82, 2.24) is 15.5 Å². The first-order chi connectivity index (χ1) is 14.5. The molecule has 158 valence electrons. The van der Waals surface area contributed by atoms with E-state index in [1.807, 2.05) is 48.5 Å². The highest BCUT2D eigenvalue weighted by Crippen LogP contribution is 2.23. The fourth-order valence-electron chi connectivity index (χ4n) is 3.63. The minimum absolute atomic E-state index is 0.246. The van der Waals surface area contributed by atoms with E-state index in [2.05, 4.69) is 22.8 Å². The SMILES string of the molecule is C[C@@]1(CCc2ccccc2)NC(=O)N(CC(=O)NCCCCc2ccccc2)C1=O. The van der Waals surface area contributed by atoms with E-state index in [1.165, 1.54) is 5.56 Å². The van der Waals surface area contributed by atoms with Crippen molar-refractivity contribution < 1.29 is 14.4 Å². The molecule has 30 heavy (non-hydrogen) atoms. The lowest BCUT2D eigenvalue weighted by molar-refractivity contribution is -0.134. The average Bonchev–Trinajstić information content (AvgIpc) is 2.97. The summed E-state index contributed by atoms with van der Waals surface area (Å²) in [6.45, 7) is 2.00. The number of amides is 4. The van der Waals surface area contributed by atoms with Crippen molar-refractivity contribution in [3.8, 4) is 0 Å². The number of carbonyl (C=O) groups excluding carboxylic acids is 3. The second-order valence-electron chi connectivity index (χ2n) is 7.93. The summed E-state index contributed by atoms with van der Waals surface area (Å²) in [5, 5.41) is 5.57. The van der Waals surface area contributed by atoms with Gasteiger partial charge in [0.15, 0.2) is 0 Å². The molecule has 0 bridgehead atoms. The topological polar surface area (TPSA) is 78.5 Å². The summed E-state index contributed by atoms with van der Waals surface area (Å²) in [7, 11) is 0. The molecule has 1 heterocycles. The van der Waals surface area contributed by atoms with Crippen LogP contribution in [0.2, 0.25) is 0 Å². The van der Waals surface area contributed by atoms with Crippen LogP contribution in [0.3, 0.4) is 0 Å². The summed E-state index contributed by atoms with van der Waals surface area (Å²) in [6, 6.07) is 19.5. The van der Waals surface area contributed by atoms with Gasteiger partial charge in [0.05, 0.1) is 0 Å². The molecule has 0 aromatic heterocycles. The Labute approximate surface area is 177 Å². The molecule has 4 amide bonds. The Kier molecular flexibility index (Phi) is 7.22. The van der Waals surface area contributed by atoms with Crippen molar-refractivity contribution in [3.05, 3.63) is 71.8 Å². The van der Waals surface area contributed by atoms with Gasteiger partial charge in [-0.05, 0) is 50.2 Å². The lowest BCUT2D eigenvalue weighted by Crippen LogP contribution is -2.45. The number of benzene rings is 2. The van der Waals surface area contributed by atoms with E-state index in [0.29, 0.717) is 19.4 Å². The highest BCUT2D eigenvalue weighted by Gasteiger charge is 2.47. The zero-order valence-corrected chi connectivity index (χ0v) is 17.4. The fraction of sp³-hybridized carbons (Fsp3) is 0.375. The molecule has 2 N–H and O–H groups in total. The van der Waals surface area contributed by atoms with Crippen molar-refractivity contribution in [3.63, 3.8) is 0 Å². The van der Waals surface area contributed by atoms with Crippen molar-refractivity contribution in [2.45, 2.75) is 44.6 Å². The summed E-state index contributed by atoms with van der Waals surface area (Å²) < 4.78 is 0. The van der Waals surface area contributed by atoms with E-state index in [9.17, 15) is 14.4 Å². The van der Waals surface area contributed by atoms with Crippen LogP contribution in [0.1, 0.15) is 37.3 Å². The molecule has 3 rings (SSSR count). The molecule has 0 radical (unpaired) electrons. The van der Waals surface area contributed by atoms with Gasteiger partial charge in [0.25, 0.3) is 5.91 Å². The van der Waals surface area contributed by atoms with Crippen molar-refractivity contribution in [2.75, 3.05) is 13.1 Å². The van der Waals surface area contributed by atoms with Gasteiger partial charge in [0.2, 0.25) is 5.91 Å². The quantitative estimate of drug-likeness (QED) is 0.469. The maximum Gasteiger partial charge on any atom is 0.325 e. The van der Waals surface area contributed by atoms with E-state index < -0.39 is 11.6 Å². The zero-order valence-electron chi connectivity index (χ0n) is 17.4. The Morgan fingerprint density at radius 3 is 2.17 bits per heavy atom. The van der Waals surface area contributed by atoms with Crippen LogP contribution < -0.4 is 10.6 Å². The average molecular weight is 408 g/mol. The number of unbranched alkanes of at least 4 members (excludes halogenated alkanes) is 1. The molecule has 0 unspecified atom stereocenters. The molecule has 6 nitrogen and oxygen atoms in total. The van der Waals surface area contributed by atoms with E-state index in [4.69, 9.17) is 0 Å². The molecule has 0 aliphatic carbocycles. The molecule has 1 aliphatic rings. The van der Waals surface area contributed by atoms with Gasteiger partial charge in [0, 0.05) is 6.54 Å². The van der Waals surface area contributed by atoms with Crippen molar-refractivity contribution in [2.24, 2.45) is 0 Å². The summed E-state index contributed by atoms with van der Waals surface area (Å²) in [5.41, 5.74) is 1.40. The largest absolute Gasteiger partial charge is 0.355 e. The van der Waals surface area contributed by atoms with Gasteiger partial charge < -0.3 is 10.6 Å². The van der Waals surface area contributed by atoms with Crippen LogP contribution in [0.15, 0.2) is 60.7 Å². The van der Waals surface area contributed by atoms with Gasteiger partial charge in [-0.15, -0.1) is 0 Å². The molecule has 1 fully saturated rings. The van der Waals surface area contributed by atoms with Gasteiger partial charge in [-0.3, -0.25) is 14.5 Å². The first-order valence-electron chi connectivity index (χ1n) is 10.5. The van der Waals surface area contributed by atoms with Crippen molar-refractivity contribution in [1.29, 1.82) is 0 Å². The van der Waals surface area contributed by atoms with Gasteiger partial charge in [0.1, 0.15) is 12.1 Å². The molecule has 0 spiro atoms. The third kappa shape index (κ3) is 5.69. The molecular weight excluding hydrogens is 378 g/mol. The molecule has 1 atom stereocenters. The van der Waals surface area contributed by atoms with Gasteiger partial charge in [-0.2, -0.15) is 0 Å². The van der Waals surface area contributed by atoms with Gasteiger partial charge in [-0.1, -0.05) is 60.7 Å². The van der Waals surface area contributed by atoms with Crippen LogP contribution >= 0.6 is 0 Å². The zero-order chi connectivity index (χ0) is 21.4. The van der Waals surface area contributed by atoms with Gasteiger partial charge >= 0.3 is 6.03 Å². The number of rotatable bonds is 10. The summed E-state index contributed by atoms with van der Waals surface area (Å²) in [4.78, 5) is 38.3. The molecule has 2 aromatic carbocycles. The minimum Gasteiger partial charge on any atom is -0.355 e. The Bertz CT molecular complexity index is 870. The highest BCUT2D eigenvalue weighted by atomic mass is 16.2. The third-order valence-corrected chi connectivity index (χ3v) is 5.46. The molecule has 1 aliphatic heterocycles. The number of hydrogen-bond acceptors (Lipinski definition) is 3. The monoisotopic (exact) mass is 407 g/mol. The summed E-state index contributed by atoms with van der Waals surface area (Å²) >= 11 is 0. The summed E-state index contributed by atoms with van der Waals surface area (Å²) in [6.07, 6.45) is 3.92. The van der Waals surface area contributed by atoms with E-state index in [1.54, 1.807) is 6.92 Å². The Hall–Kier alpha value is -3.15. The Morgan fingerprint density at radius 2 is 1.53 bits per heavy atom. The Morgan fingerprint density at radius 1 is 0.933 bits per heavy atom. The standard InChI is InChI=1S/C24H29N3O3/c1-24(16-15-20-12-6-3-7-13-20)22(29)27(23(30)26-24)18-21(28)25-17-9-8-14-19-10-4-2-5-11-19/h2-7,10-13H,8-9,14-18H2,1H3,(H,25,28)(H,26,30)/t24-/m0/s1. The number of imide groups is 1.